The van der Waals surface area contributed by atoms with E-state index in [1.54, 1.807) is 0 Å². The Bertz CT molecular complexity index is 1700. The molecule has 1 N–H and O–H groups in total. The predicted octanol–water partition coefficient (Wildman–Crippen LogP) is 8.73. The van der Waals surface area contributed by atoms with E-state index < -0.39 is 0 Å². The number of allylic oxidation sites excluding steroid dienone is 4. The molecular formula is C35H27NO2. The zero-order valence-corrected chi connectivity index (χ0v) is 21.0. The molecule has 1 aliphatic heterocycles. The molecule has 3 unspecified atom stereocenters. The van der Waals surface area contributed by atoms with Gasteiger partial charge < -0.3 is 14.8 Å². The summed E-state index contributed by atoms with van der Waals surface area (Å²) in [7, 11) is 0. The first kappa shape index (κ1) is 21.6. The van der Waals surface area contributed by atoms with Gasteiger partial charge in [-0.1, -0.05) is 78.9 Å². The Morgan fingerprint density at radius 1 is 0.737 bits per heavy atom. The highest BCUT2D eigenvalue weighted by molar-refractivity contribution is 5.88. The standard InChI is InChI=1S/C35H27NO2/c1-2-3-18-36-22-16-17-31-32(19-22)38-33-20-26-25-12-6-9-15-29(25)35(30(26)21-34(33)37-31)27-13-7-4-10-23(27)24-11-5-8-14-28(24)35/h2,4-17,19-21,23,27,36H,1,3,18H2. The van der Waals surface area contributed by atoms with Gasteiger partial charge in [-0.3, -0.25) is 0 Å². The molecule has 0 fully saturated rings. The Kier molecular flexibility index (Phi) is 4.54. The van der Waals surface area contributed by atoms with Gasteiger partial charge >= 0.3 is 0 Å². The fourth-order valence-electron chi connectivity index (χ4n) is 7.11. The van der Waals surface area contributed by atoms with Crippen LogP contribution in [0, 0.1) is 5.92 Å². The zero-order chi connectivity index (χ0) is 25.3. The number of fused-ring (bicyclic) bond motifs is 12. The SMILES string of the molecule is C=CCCNc1ccc2c(c1)Oc1cc3c(cc1O2)C1(c2ccccc2-3)c2ccccc2C2C=CC=CC21. The van der Waals surface area contributed by atoms with Gasteiger partial charge in [-0.25, -0.2) is 0 Å². The smallest absolute Gasteiger partial charge is 0.172 e. The maximum Gasteiger partial charge on any atom is 0.172 e. The maximum atomic E-state index is 6.51. The van der Waals surface area contributed by atoms with E-state index in [0.29, 0.717) is 11.8 Å². The van der Waals surface area contributed by atoms with E-state index in [2.05, 4.69) is 96.9 Å². The Hall–Kier alpha value is -4.50. The minimum absolute atomic E-state index is 0.272. The molecule has 0 saturated heterocycles. The lowest BCUT2D eigenvalue weighted by Gasteiger charge is -2.36. The monoisotopic (exact) mass is 493 g/mol. The van der Waals surface area contributed by atoms with E-state index in [9.17, 15) is 0 Å². The summed E-state index contributed by atoms with van der Waals surface area (Å²) in [6.45, 7) is 4.63. The lowest BCUT2D eigenvalue weighted by molar-refractivity contribution is 0.358. The number of nitrogens with one attached hydrogen (secondary N) is 1. The summed E-state index contributed by atoms with van der Waals surface area (Å²) in [6.07, 6.45) is 12.0. The molecule has 4 aromatic carbocycles. The van der Waals surface area contributed by atoms with Gasteiger partial charge in [0.15, 0.2) is 23.0 Å². The molecule has 1 spiro atoms. The average molecular weight is 494 g/mol. The lowest BCUT2D eigenvalue weighted by Crippen LogP contribution is -2.33. The Labute approximate surface area is 222 Å². The molecule has 3 heteroatoms. The van der Waals surface area contributed by atoms with E-state index in [0.717, 1.165) is 41.7 Å². The third-order valence-corrected chi connectivity index (χ3v) is 8.59. The van der Waals surface area contributed by atoms with Crippen molar-refractivity contribution in [2.75, 3.05) is 11.9 Å². The quantitative estimate of drug-likeness (QED) is 0.201. The van der Waals surface area contributed by atoms with Crippen LogP contribution in [0.15, 0.2) is 116 Å². The van der Waals surface area contributed by atoms with Crippen LogP contribution in [0.3, 0.4) is 0 Å². The van der Waals surface area contributed by atoms with E-state index in [1.165, 1.54) is 33.4 Å². The Morgan fingerprint density at radius 3 is 2.42 bits per heavy atom. The molecule has 0 amide bonds. The minimum Gasteiger partial charge on any atom is -0.449 e. The van der Waals surface area contributed by atoms with Gasteiger partial charge in [0.05, 0.1) is 5.41 Å². The molecule has 184 valence electrons. The van der Waals surface area contributed by atoms with Crippen molar-refractivity contribution in [2.45, 2.75) is 17.8 Å². The van der Waals surface area contributed by atoms with Crippen molar-refractivity contribution in [3.63, 3.8) is 0 Å². The molecule has 0 saturated carbocycles. The third-order valence-electron chi connectivity index (χ3n) is 8.59. The van der Waals surface area contributed by atoms with Crippen LogP contribution in [-0.4, -0.2) is 6.54 Å². The second kappa shape index (κ2) is 8.00. The van der Waals surface area contributed by atoms with Crippen molar-refractivity contribution in [2.24, 2.45) is 5.92 Å². The summed E-state index contributed by atoms with van der Waals surface area (Å²) in [4.78, 5) is 0. The number of anilines is 1. The molecular weight excluding hydrogens is 466 g/mol. The fraction of sp³-hybridized carbons (Fsp3) is 0.143. The highest BCUT2D eigenvalue weighted by atomic mass is 16.6. The minimum atomic E-state index is -0.272. The molecule has 0 radical (unpaired) electrons. The highest BCUT2D eigenvalue weighted by Crippen LogP contribution is 2.66. The number of hydrogen-bond donors (Lipinski definition) is 1. The molecule has 3 aliphatic carbocycles. The molecule has 1 heterocycles. The number of hydrogen-bond acceptors (Lipinski definition) is 3. The second-order valence-electron chi connectivity index (χ2n) is 10.5. The first-order chi connectivity index (χ1) is 18.8. The number of ether oxygens (including phenoxy) is 2. The molecule has 3 atom stereocenters. The van der Waals surface area contributed by atoms with Crippen molar-refractivity contribution in [1.82, 2.24) is 0 Å². The van der Waals surface area contributed by atoms with Crippen molar-refractivity contribution < 1.29 is 9.47 Å². The molecule has 0 bridgehead atoms. The van der Waals surface area contributed by atoms with Crippen LogP contribution in [0.2, 0.25) is 0 Å². The van der Waals surface area contributed by atoms with E-state index in [4.69, 9.17) is 9.47 Å². The number of benzene rings is 4. The van der Waals surface area contributed by atoms with Crippen LogP contribution in [0.5, 0.6) is 23.0 Å². The van der Waals surface area contributed by atoms with Crippen LogP contribution >= 0.6 is 0 Å². The summed E-state index contributed by atoms with van der Waals surface area (Å²) in [5.74, 6) is 3.64. The first-order valence-electron chi connectivity index (χ1n) is 13.4. The third kappa shape index (κ3) is 2.79. The normalized spacial score (nSPS) is 22.3. The van der Waals surface area contributed by atoms with E-state index in [-0.39, 0.29) is 5.41 Å². The average Bonchev–Trinajstić information content (AvgIpc) is 3.42. The highest BCUT2D eigenvalue weighted by Gasteiger charge is 2.57. The Balaban J connectivity index is 1.30. The van der Waals surface area contributed by atoms with Crippen molar-refractivity contribution in [3.05, 3.63) is 138 Å². The molecule has 38 heavy (non-hydrogen) atoms. The van der Waals surface area contributed by atoms with Crippen molar-refractivity contribution >= 4 is 5.69 Å². The van der Waals surface area contributed by atoms with Crippen molar-refractivity contribution in [1.29, 1.82) is 0 Å². The lowest BCUT2D eigenvalue weighted by atomic mass is 9.65. The van der Waals surface area contributed by atoms with Gasteiger partial charge in [0.2, 0.25) is 0 Å². The van der Waals surface area contributed by atoms with E-state index >= 15 is 0 Å². The summed E-state index contributed by atoms with van der Waals surface area (Å²) in [5, 5.41) is 3.42. The summed E-state index contributed by atoms with van der Waals surface area (Å²) >= 11 is 0. The van der Waals surface area contributed by atoms with Gasteiger partial charge in [0.1, 0.15) is 0 Å². The van der Waals surface area contributed by atoms with Crippen LogP contribution in [0.4, 0.5) is 5.69 Å². The van der Waals surface area contributed by atoms with Gasteiger partial charge in [-0.2, -0.15) is 0 Å². The van der Waals surface area contributed by atoms with E-state index in [1.807, 2.05) is 24.3 Å². The van der Waals surface area contributed by atoms with Gasteiger partial charge in [0.25, 0.3) is 0 Å². The van der Waals surface area contributed by atoms with Crippen molar-refractivity contribution in [3.8, 4) is 34.1 Å². The second-order valence-corrected chi connectivity index (χ2v) is 10.5. The predicted molar refractivity (Wildman–Crippen MR) is 153 cm³/mol. The maximum absolute atomic E-state index is 6.51. The number of rotatable bonds is 4. The fourth-order valence-corrected chi connectivity index (χ4v) is 7.11. The van der Waals surface area contributed by atoms with Gasteiger partial charge in [-0.15, -0.1) is 6.58 Å². The van der Waals surface area contributed by atoms with Crippen LogP contribution in [-0.2, 0) is 5.41 Å². The summed E-state index contributed by atoms with van der Waals surface area (Å²) < 4.78 is 13.0. The molecule has 4 aromatic rings. The molecule has 0 aromatic heterocycles. The van der Waals surface area contributed by atoms with Gasteiger partial charge in [0, 0.05) is 30.1 Å². The molecule has 3 nitrogen and oxygen atoms in total. The van der Waals surface area contributed by atoms with Crippen LogP contribution in [0.1, 0.15) is 34.6 Å². The molecule has 4 aliphatic rings. The Morgan fingerprint density at radius 2 is 1.50 bits per heavy atom. The zero-order valence-electron chi connectivity index (χ0n) is 21.0. The molecule has 8 rings (SSSR count). The summed E-state index contributed by atoms with van der Waals surface area (Å²) in [6, 6.07) is 28.4. The summed E-state index contributed by atoms with van der Waals surface area (Å²) in [5.41, 5.74) is 8.71. The largest absolute Gasteiger partial charge is 0.449 e. The first-order valence-corrected chi connectivity index (χ1v) is 13.4. The van der Waals surface area contributed by atoms with Crippen LogP contribution < -0.4 is 14.8 Å². The topological polar surface area (TPSA) is 30.5 Å². The van der Waals surface area contributed by atoms with Gasteiger partial charge in [-0.05, 0) is 64.1 Å². The van der Waals surface area contributed by atoms with Crippen LogP contribution in [0.25, 0.3) is 11.1 Å².